The number of rotatable bonds is 2. The molecule has 4 heteroatoms. The zero-order valence-electron chi connectivity index (χ0n) is 12.1. The molecule has 0 amide bonds. The highest BCUT2D eigenvalue weighted by Gasteiger charge is 2.12. The van der Waals surface area contributed by atoms with Crippen LogP contribution in [0.3, 0.4) is 0 Å². The first-order valence-corrected chi connectivity index (χ1v) is 7.09. The van der Waals surface area contributed by atoms with Crippen molar-refractivity contribution in [2.75, 3.05) is 31.1 Å². The summed E-state index contributed by atoms with van der Waals surface area (Å²) < 4.78 is 0. The van der Waals surface area contributed by atoms with Crippen LogP contribution in [0.2, 0.25) is 0 Å². The van der Waals surface area contributed by atoms with Gasteiger partial charge in [-0.15, -0.1) is 0 Å². The molecule has 3 rings (SSSR count). The lowest BCUT2D eigenvalue weighted by Gasteiger charge is -2.28. The van der Waals surface area contributed by atoms with Gasteiger partial charge in [0.1, 0.15) is 12.1 Å². The third kappa shape index (κ3) is 2.80. The Morgan fingerprint density at radius 2 is 1.65 bits per heavy atom. The van der Waals surface area contributed by atoms with E-state index in [2.05, 4.69) is 58.3 Å². The molecule has 0 saturated carbocycles. The summed E-state index contributed by atoms with van der Waals surface area (Å²) in [5.41, 5.74) is 4.70. The lowest BCUT2D eigenvalue weighted by atomic mass is 10.0. The Bertz CT molecular complexity index is 583. The van der Waals surface area contributed by atoms with Crippen LogP contribution in [-0.2, 0) is 0 Å². The molecule has 104 valence electrons. The zero-order valence-corrected chi connectivity index (χ0v) is 12.1. The summed E-state index contributed by atoms with van der Waals surface area (Å²) in [5, 5.41) is 3.36. The van der Waals surface area contributed by atoms with Gasteiger partial charge in [0.2, 0.25) is 0 Å². The molecule has 1 aliphatic heterocycles. The first-order valence-electron chi connectivity index (χ1n) is 7.09. The highest BCUT2D eigenvalue weighted by atomic mass is 15.2. The fourth-order valence-electron chi connectivity index (χ4n) is 2.69. The molecular weight excluding hydrogens is 248 g/mol. The number of hydrogen-bond donors (Lipinski definition) is 1. The van der Waals surface area contributed by atoms with Crippen LogP contribution >= 0.6 is 0 Å². The molecular formula is C16H20N4. The molecule has 0 unspecified atom stereocenters. The minimum Gasteiger partial charge on any atom is -0.354 e. The Labute approximate surface area is 119 Å². The van der Waals surface area contributed by atoms with Gasteiger partial charge in [-0.3, -0.25) is 0 Å². The smallest absolute Gasteiger partial charge is 0.132 e. The minimum absolute atomic E-state index is 1.00. The molecule has 0 spiro atoms. The maximum Gasteiger partial charge on any atom is 0.132 e. The second-order valence-electron chi connectivity index (χ2n) is 5.37. The number of aromatic nitrogens is 2. The first kappa shape index (κ1) is 13.1. The summed E-state index contributed by atoms with van der Waals surface area (Å²) in [7, 11) is 0. The van der Waals surface area contributed by atoms with Crippen molar-refractivity contribution in [3.8, 4) is 11.3 Å². The van der Waals surface area contributed by atoms with Crippen LogP contribution in [0.4, 0.5) is 5.82 Å². The molecule has 2 aromatic rings. The monoisotopic (exact) mass is 268 g/mol. The fraction of sp³-hybridized carbons (Fsp3) is 0.375. The average molecular weight is 268 g/mol. The number of hydrogen-bond acceptors (Lipinski definition) is 4. The molecule has 0 radical (unpaired) electrons. The van der Waals surface area contributed by atoms with Crippen molar-refractivity contribution < 1.29 is 0 Å². The Morgan fingerprint density at radius 1 is 0.950 bits per heavy atom. The number of nitrogens with one attached hydrogen (secondary N) is 1. The third-order valence-electron chi connectivity index (χ3n) is 3.61. The Kier molecular flexibility index (Phi) is 3.65. The summed E-state index contributed by atoms with van der Waals surface area (Å²) in [6.45, 7) is 8.28. The number of aryl methyl sites for hydroxylation is 2. The first-order chi connectivity index (χ1) is 9.72. The van der Waals surface area contributed by atoms with Crippen LogP contribution in [0.5, 0.6) is 0 Å². The van der Waals surface area contributed by atoms with Gasteiger partial charge in [-0.25, -0.2) is 9.97 Å². The summed E-state index contributed by atoms with van der Waals surface area (Å²) in [4.78, 5) is 11.2. The lowest BCUT2D eigenvalue weighted by molar-refractivity contribution is 0.584. The van der Waals surface area contributed by atoms with E-state index in [1.807, 2.05) is 0 Å². The number of nitrogens with zero attached hydrogens (tertiary/aromatic N) is 3. The van der Waals surface area contributed by atoms with Gasteiger partial charge in [-0.2, -0.15) is 0 Å². The second-order valence-corrected chi connectivity index (χ2v) is 5.37. The van der Waals surface area contributed by atoms with Crippen LogP contribution in [0.15, 0.2) is 30.6 Å². The summed E-state index contributed by atoms with van der Waals surface area (Å²) in [6.07, 6.45) is 1.67. The van der Waals surface area contributed by atoms with Crippen LogP contribution in [0.25, 0.3) is 11.3 Å². The normalized spacial score (nSPS) is 15.4. The standard InChI is InChI=1S/C16H20N4/c1-12-7-13(2)9-14(8-12)15-10-16(19-11-18-15)20-5-3-17-4-6-20/h7-11,17H,3-6H2,1-2H3. The average Bonchev–Trinajstić information content (AvgIpc) is 2.47. The van der Waals surface area contributed by atoms with Gasteiger partial charge >= 0.3 is 0 Å². The Balaban J connectivity index is 1.93. The van der Waals surface area contributed by atoms with Gasteiger partial charge in [-0.1, -0.05) is 17.2 Å². The van der Waals surface area contributed by atoms with E-state index >= 15 is 0 Å². The molecule has 1 N–H and O–H groups in total. The maximum absolute atomic E-state index is 4.43. The Hall–Kier alpha value is -1.94. The molecule has 4 nitrogen and oxygen atoms in total. The summed E-state index contributed by atoms with van der Waals surface area (Å²) in [6, 6.07) is 8.63. The largest absolute Gasteiger partial charge is 0.354 e. The van der Waals surface area contributed by atoms with Crippen molar-refractivity contribution in [2.45, 2.75) is 13.8 Å². The van der Waals surface area contributed by atoms with Crippen molar-refractivity contribution in [3.63, 3.8) is 0 Å². The zero-order chi connectivity index (χ0) is 13.9. The van der Waals surface area contributed by atoms with Gasteiger partial charge < -0.3 is 10.2 Å². The van der Waals surface area contributed by atoms with Gasteiger partial charge in [0.05, 0.1) is 5.69 Å². The molecule has 1 aliphatic rings. The lowest BCUT2D eigenvalue weighted by Crippen LogP contribution is -2.43. The highest BCUT2D eigenvalue weighted by Crippen LogP contribution is 2.23. The molecule has 0 bridgehead atoms. The number of anilines is 1. The molecule has 1 fully saturated rings. The van der Waals surface area contributed by atoms with Crippen molar-refractivity contribution in [1.29, 1.82) is 0 Å². The highest BCUT2D eigenvalue weighted by molar-refractivity contribution is 5.64. The van der Waals surface area contributed by atoms with Crippen LogP contribution in [-0.4, -0.2) is 36.1 Å². The molecule has 0 aliphatic carbocycles. The number of benzene rings is 1. The quantitative estimate of drug-likeness (QED) is 0.906. The third-order valence-corrected chi connectivity index (χ3v) is 3.61. The van der Waals surface area contributed by atoms with E-state index in [0.29, 0.717) is 0 Å². The molecule has 1 saturated heterocycles. The van der Waals surface area contributed by atoms with E-state index in [0.717, 1.165) is 37.7 Å². The second kappa shape index (κ2) is 5.59. The molecule has 1 aromatic carbocycles. The number of piperazine rings is 1. The van der Waals surface area contributed by atoms with Crippen molar-refractivity contribution in [2.24, 2.45) is 0 Å². The molecule has 2 heterocycles. The van der Waals surface area contributed by atoms with Gasteiger partial charge in [-0.05, 0) is 26.0 Å². The molecule has 20 heavy (non-hydrogen) atoms. The van der Waals surface area contributed by atoms with Crippen LogP contribution < -0.4 is 10.2 Å². The molecule has 0 atom stereocenters. The summed E-state index contributed by atoms with van der Waals surface area (Å²) >= 11 is 0. The van der Waals surface area contributed by atoms with Crippen LogP contribution in [0, 0.1) is 13.8 Å². The van der Waals surface area contributed by atoms with Gasteiger partial charge in [0, 0.05) is 37.8 Å². The van der Waals surface area contributed by atoms with Crippen molar-refractivity contribution in [1.82, 2.24) is 15.3 Å². The summed E-state index contributed by atoms with van der Waals surface area (Å²) in [5.74, 6) is 1.02. The van der Waals surface area contributed by atoms with E-state index < -0.39 is 0 Å². The topological polar surface area (TPSA) is 41.0 Å². The van der Waals surface area contributed by atoms with E-state index in [4.69, 9.17) is 0 Å². The van der Waals surface area contributed by atoms with E-state index in [9.17, 15) is 0 Å². The molecule has 1 aromatic heterocycles. The van der Waals surface area contributed by atoms with Gasteiger partial charge in [0.25, 0.3) is 0 Å². The predicted molar refractivity (Wildman–Crippen MR) is 82.0 cm³/mol. The predicted octanol–water partition coefficient (Wildman–Crippen LogP) is 2.17. The SMILES string of the molecule is Cc1cc(C)cc(-c2cc(N3CCNCC3)ncn2)c1. The van der Waals surface area contributed by atoms with E-state index in [1.165, 1.54) is 16.7 Å². The Morgan fingerprint density at radius 3 is 2.35 bits per heavy atom. The maximum atomic E-state index is 4.43. The van der Waals surface area contributed by atoms with E-state index in [1.54, 1.807) is 6.33 Å². The van der Waals surface area contributed by atoms with Gasteiger partial charge in [0.15, 0.2) is 0 Å². The minimum atomic E-state index is 1.00. The van der Waals surface area contributed by atoms with Crippen molar-refractivity contribution >= 4 is 5.82 Å². The van der Waals surface area contributed by atoms with Crippen molar-refractivity contribution in [3.05, 3.63) is 41.7 Å². The van der Waals surface area contributed by atoms with E-state index in [-0.39, 0.29) is 0 Å². The fourth-order valence-corrected chi connectivity index (χ4v) is 2.69. The van der Waals surface area contributed by atoms with Crippen LogP contribution in [0.1, 0.15) is 11.1 Å².